The Hall–Kier alpha value is -0.823. The van der Waals surface area contributed by atoms with Crippen LogP contribution in [0.4, 0.5) is 0 Å². The smallest absolute Gasteiger partial charge is 0.0521 e. The molecule has 0 aliphatic carbocycles. The molecular weight excluding hydrogens is 196 g/mol. The first-order valence-corrected chi connectivity index (χ1v) is 9.18. The van der Waals surface area contributed by atoms with Gasteiger partial charge in [-0.05, 0) is 24.4 Å². The zero-order valence-electron chi connectivity index (χ0n) is 10.4. The molecule has 0 aliphatic rings. The van der Waals surface area contributed by atoms with Crippen molar-refractivity contribution in [1.82, 2.24) is 0 Å². The predicted octanol–water partition coefficient (Wildman–Crippen LogP) is 4.51. The topological polar surface area (TPSA) is 0 Å². The highest BCUT2D eigenvalue weighted by Crippen LogP contribution is 2.31. The van der Waals surface area contributed by atoms with Crippen LogP contribution in [0, 0.1) is 0 Å². The van der Waals surface area contributed by atoms with Crippen molar-refractivity contribution < 1.29 is 0 Å². The summed E-state index contributed by atoms with van der Waals surface area (Å²) in [5.74, 6) is 0. The molecule has 0 heterocycles. The fraction of sp³-hybridized carbons (Fsp3) is 0.429. The van der Waals surface area contributed by atoms with E-state index in [9.17, 15) is 0 Å². The molecule has 1 rings (SSSR count). The van der Waals surface area contributed by atoms with E-state index in [0.29, 0.717) is 5.54 Å². The molecule has 0 saturated carbocycles. The van der Waals surface area contributed by atoms with E-state index in [0.717, 1.165) is 6.42 Å². The molecule has 0 fully saturated rings. The van der Waals surface area contributed by atoms with E-state index in [1.54, 1.807) is 0 Å². The number of hydrogen-bond acceptors (Lipinski definition) is 0. The van der Waals surface area contributed by atoms with Gasteiger partial charge >= 0.3 is 0 Å². The van der Waals surface area contributed by atoms with Crippen LogP contribution in [0.25, 0.3) is 0 Å². The van der Waals surface area contributed by atoms with E-state index in [1.807, 2.05) is 0 Å². The van der Waals surface area contributed by atoms with Crippen LogP contribution in [0.2, 0.25) is 25.2 Å². The normalized spacial score (nSPS) is 13.6. The zero-order chi connectivity index (χ0) is 11.5. The van der Waals surface area contributed by atoms with Gasteiger partial charge in [0.15, 0.2) is 0 Å². The molecule has 0 N–H and O–H groups in total. The van der Waals surface area contributed by atoms with E-state index in [1.165, 1.54) is 11.1 Å². The third kappa shape index (κ3) is 3.67. The summed E-state index contributed by atoms with van der Waals surface area (Å²) >= 11 is 0. The number of allylic oxidation sites excluding steroid dienone is 1. The second kappa shape index (κ2) is 4.80. The van der Waals surface area contributed by atoms with Gasteiger partial charge in [0.05, 0.1) is 8.07 Å². The Bertz CT molecular complexity index is 319. The quantitative estimate of drug-likeness (QED) is 0.515. The molecule has 15 heavy (non-hydrogen) atoms. The molecule has 0 spiro atoms. The zero-order valence-corrected chi connectivity index (χ0v) is 11.4. The molecule has 82 valence electrons. The first-order chi connectivity index (χ1) is 6.91. The Morgan fingerprint density at radius 1 is 1.20 bits per heavy atom. The van der Waals surface area contributed by atoms with Gasteiger partial charge < -0.3 is 0 Å². The Morgan fingerprint density at radius 3 is 2.13 bits per heavy atom. The number of benzene rings is 1. The molecule has 1 unspecified atom stereocenters. The second-order valence-electron chi connectivity index (χ2n) is 5.45. The van der Waals surface area contributed by atoms with Crippen molar-refractivity contribution in [3.63, 3.8) is 0 Å². The van der Waals surface area contributed by atoms with Gasteiger partial charge in [0.2, 0.25) is 0 Å². The molecule has 0 bridgehead atoms. The van der Waals surface area contributed by atoms with Crippen molar-refractivity contribution >= 4 is 8.07 Å². The Kier molecular flexibility index (Phi) is 3.92. The third-order valence-electron chi connectivity index (χ3n) is 2.92. The summed E-state index contributed by atoms with van der Waals surface area (Å²) in [7, 11) is -1.13. The summed E-state index contributed by atoms with van der Waals surface area (Å²) in [6.45, 7) is 13.6. The van der Waals surface area contributed by atoms with E-state index >= 15 is 0 Å². The maximum atomic E-state index is 4.15. The third-order valence-corrected chi connectivity index (χ3v) is 5.71. The van der Waals surface area contributed by atoms with Crippen molar-refractivity contribution in [2.24, 2.45) is 0 Å². The largest absolute Gasteiger partial charge is 0.100 e. The van der Waals surface area contributed by atoms with Crippen LogP contribution in [0.5, 0.6) is 0 Å². The Labute approximate surface area is 95.0 Å². The molecule has 0 amide bonds. The fourth-order valence-electron chi connectivity index (χ4n) is 2.07. The van der Waals surface area contributed by atoms with Gasteiger partial charge in [-0.2, -0.15) is 0 Å². The lowest BCUT2D eigenvalue weighted by atomic mass is 10.1. The average molecular weight is 218 g/mol. The van der Waals surface area contributed by atoms with Gasteiger partial charge in [0, 0.05) is 0 Å². The molecule has 0 saturated heterocycles. The molecule has 0 radical (unpaired) electrons. The molecule has 1 heteroatoms. The van der Waals surface area contributed by atoms with Crippen LogP contribution < -0.4 is 0 Å². The van der Waals surface area contributed by atoms with E-state index in [4.69, 9.17) is 0 Å². The van der Waals surface area contributed by atoms with E-state index < -0.39 is 8.07 Å². The monoisotopic (exact) mass is 218 g/mol. The van der Waals surface area contributed by atoms with E-state index in [-0.39, 0.29) is 0 Å². The van der Waals surface area contributed by atoms with Gasteiger partial charge in [-0.1, -0.05) is 55.5 Å². The fourth-order valence-corrected chi connectivity index (χ4v) is 4.40. The molecule has 1 aromatic carbocycles. The van der Waals surface area contributed by atoms with Crippen LogP contribution in [0.1, 0.15) is 12.5 Å². The summed E-state index contributed by atoms with van der Waals surface area (Å²) in [4.78, 5) is 0. The highest BCUT2D eigenvalue weighted by Gasteiger charge is 2.27. The molecule has 0 nitrogen and oxygen atoms in total. The number of rotatable bonds is 4. The highest BCUT2D eigenvalue weighted by atomic mass is 28.3. The van der Waals surface area contributed by atoms with Crippen molar-refractivity contribution in [3.8, 4) is 0 Å². The van der Waals surface area contributed by atoms with Crippen LogP contribution in [0.15, 0.2) is 42.5 Å². The van der Waals surface area contributed by atoms with Crippen molar-refractivity contribution in [2.75, 3.05) is 0 Å². The summed E-state index contributed by atoms with van der Waals surface area (Å²) in [5, 5.41) is 0. The van der Waals surface area contributed by atoms with Crippen molar-refractivity contribution in [3.05, 3.63) is 48.0 Å². The van der Waals surface area contributed by atoms with Gasteiger partial charge in [-0.15, -0.1) is 6.58 Å². The first-order valence-electron chi connectivity index (χ1n) is 5.60. The lowest BCUT2D eigenvalue weighted by Crippen LogP contribution is -2.30. The minimum Gasteiger partial charge on any atom is -0.100 e. The Morgan fingerprint density at radius 2 is 1.73 bits per heavy atom. The van der Waals surface area contributed by atoms with Crippen LogP contribution in [0.3, 0.4) is 0 Å². The maximum Gasteiger partial charge on any atom is 0.0521 e. The van der Waals surface area contributed by atoms with Gasteiger partial charge in [-0.25, -0.2) is 0 Å². The van der Waals surface area contributed by atoms with Gasteiger partial charge in [-0.3, -0.25) is 0 Å². The molecule has 1 aromatic rings. The summed E-state index contributed by atoms with van der Waals surface area (Å²) in [5.41, 5.74) is 3.48. The minimum atomic E-state index is -1.13. The molecular formula is C14H22Si. The summed E-state index contributed by atoms with van der Waals surface area (Å²) in [6.07, 6.45) is 1.16. The molecule has 0 aromatic heterocycles. The van der Waals surface area contributed by atoms with Crippen LogP contribution in [-0.2, 0) is 6.42 Å². The van der Waals surface area contributed by atoms with Crippen molar-refractivity contribution in [2.45, 2.75) is 38.5 Å². The molecule has 0 aliphatic heterocycles. The van der Waals surface area contributed by atoms with Crippen LogP contribution >= 0.6 is 0 Å². The summed E-state index contributed by atoms with van der Waals surface area (Å²) < 4.78 is 0. The SMILES string of the molecule is C=C(C)C(Cc1ccccc1)[Si](C)(C)C. The maximum absolute atomic E-state index is 4.15. The summed E-state index contributed by atoms with van der Waals surface area (Å²) in [6, 6.07) is 10.8. The Balaban J connectivity index is 2.82. The molecule has 1 atom stereocenters. The van der Waals surface area contributed by atoms with E-state index in [2.05, 4.69) is 63.5 Å². The standard InChI is InChI=1S/C14H22Si/c1-12(2)14(15(3,4)5)11-13-9-7-6-8-10-13/h6-10,14H,1,11H2,2-5H3. The van der Waals surface area contributed by atoms with Crippen molar-refractivity contribution in [1.29, 1.82) is 0 Å². The second-order valence-corrected chi connectivity index (χ2v) is 10.9. The van der Waals surface area contributed by atoms with Gasteiger partial charge in [0.1, 0.15) is 0 Å². The predicted molar refractivity (Wildman–Crippen MR) is 72.1 cm³/mol. The lowest BCUT2D eigenvalue weighted by molar-refractivity contribution is 0.900. The highest BCUT2D eigenvalue weighted by molar-refractivity contribution is 6.78. The van der Waals surface area contributed by atoms with Crippen LogP contribution in [-0.4, -0.2) is 8.07 Å². The first kappa shape index (κ1) is 12.2. The van der Waals surface area contributed by atoms with Gasteiger partial charge in [0.25, 0.3) is 0 Å². The minimum absolute atomic E-state index is 0.694. The number of hydrogen-bond donors (Lipinski definition) is 0. The lowest BCUT2D eigenvalue weighted by Gasteiger charge is -2.29. The average Bonchev–Trinajstić information content (AvgIpc) is 2.13.